The van der Waals surface area contributed by atoms with Gasteiger partial charge in [0.25, 0.3) is 0 Å². The molecule has 0 aliphatic heterocycles. The second kappa shape index (κ2) is 3.58. The van der Waals surface area contributed by atoms with Crippen LogP contribution < -0.4 is 0 Å². The Morgan fingerprint density at radius 3 is 2.00 bits per heavy atom. The number of hydrogen-bond acceptors (Lipinski definition) is 4. The number of benzene rings is 2. The minimum atomic E-state index is -1.86. The number of carbonyl (C=O) groups excluding carboxylic acids is 3. The third-order valence-electron chi connectivity index (χ3n) is 3.12. The molecule has 0 amide bonds. The Bertz CT molecular complexity index is 715. The van der Waals surface area contributed by atoms with Gasteiger partial charge in [0.15, 0.2) is 11.9 Å². The second-order valence-electron chi connectivity index (χ2n) is 4.21. The highest BCUT2D eigenvalue weighted by atomic mass is 16.3. The van der Waals surface area contributed by atoms with E-state index in [9.17, 15) is 19.5 Å². The number of hydrogen-bond donors (Lipinski definition) is 1. The van der Waals surface area contributed by atoms with E-state index in [1.165, 1.54) is 6.07 Å². The molecule has 0 spiro atoms. The standard InChI is InChI=1S/C14H8O4/c15-11-9-5-7-3-1-2-4-8(7)6-10(9)12(16)14(18)13(11)17/h1-6,13,17H. The summed E-state index contributed by atoms with van der Waals surface area (Å²) in [6.07, 6.45) is -1.86. The first-order valence-electron chi connectivity index (χ1n) is 5.43. The van der Waals surface area contributed by atoms with Gasteiger partial charge < -0.3 is 5.11 Å². The molecule has 0 fully saturated rings. The summed E-state index contributed by atoms with van der Waals surface area (Å²) in [5.74, 6) is -2.56. The Kier molecular flexibility index (Phi) is 2.15. The molecule has 0 saturated carbocycles. The summed E-state index contributed by atoms with van der Waals surface area (Å²) in [6, 6.07) is 10.3. The van der Waals surface area contributed by atoms with Crippen LogP contribution in [-0.4, -0.2) is 28.6 Å². The maximum atomic E-state index is 11.8. The molecule has 2 aromatic carbocycles. The molecule has 4 nitrogen and oxygen atoms in total. The van der Waals surface area contributed by atoms with Crippen LogP contribution in [0.15, 0.2) is 36.4 Å². The number of fused-ring (bicyclic) bond motifs is 2. The van der Waals surface area contributed by atoms with E-state index in [0.717, 1.165) is 10.8 Å². The summed E-state index contributed by atoms with van der Waals surface area (Å²) in [5, 5.41) is 11.0. The third-order valence-corrected chi connectivity index (χ3v) is 3.12. The van der Waals surface area contributed by atoms with Crippen molar-refractivity contribution in [2.24, 2.45) is 0 Å². The van der Waals surface area contributed by atoms with Crippen LogP contribution in [0.4, 0.5) is 0 Å². The molecule has 88 valence electrons. The van der Waals surface area contributed by atoms with Gasteiger partial charge in [-0.15, -0.1) is 0 Å². The van der Waals surface area contributed by atoms with Crippen LogP contribution in [0.5, 0.6) is 0 Å². The molecule has 18 heavy (non-hydrogen) atoms. The molecule has 1 aliphatic rings. The highest BCUT2D eigenvalue weighted by Gasteiger charge is 2.39. The van der Waals surface area contributed by atoms with E-state index in [4.69, 9.17) is 0 Å². The van der Waals surface area contributed by atoms with Crippen molar-refractivity contribution < 1.29 is 19.5 Å². The van der Waals surface area contributed by atoms with Crippen molar-refractivity contribution in [1.29, 1.82) is 0 Å². The lowest BCUT2D eigenvalue weighted by molar-refractivity contribution is -0.120. The van der Waals surface area contributed by atoms with Crippen LogP contribution in [0.3, 0.4) is 0 Å². The first kappa shape index (κ1) is 10.8. The molecule has 2 aromatic rings. The quantitative estimate of drug-likeness (QED) is 0.554. The number of carbonyl (C=O) groups is 3. The molecular formula is C14H8O4. The lowest BCUT2D eigenvalue weighted by atomic mass is 9.85. The van der Waals surface area contributed by atoms with Crippen LogP contribution in [0, 0.1) is 0 Å². The summed E-state index contributed by atoms with van der Waals surface area (Å²) < 4.78 is 0. The van der Waals surface area contributed by atoms with Gasteiger partial charge in [0.05, 0.1) is 0 Å². The number of ketones is 3. The Hall–Kier alpha value is -2.33. The monoisotopic (exact) mass is 240 g/mol. The lowest BCUT2D eigenvalue weighted by Gasteiger charge is -2.17. The van der Waals surface area contributed by atoms with Crippen molar-refractivity contribution in [3.63, 3.8) is 0 Å². The summed E-state index contributed by atoms with van der Waals surface area (Å²) in [6.45, 7) is 0. The molecule has 0 aromatic heterocycles. The lowest BCUT2D eigenvalue weighted by Crippen LogP contribution is -2.41. The van der Waals surface area contributed by atoms with Gasteiger partial charge >= 0.3 is 0 Å². The van der Waals surface area contributed by atoms with Gasteiger partial charge in [0.1, 0.15) is 0 Å². The summed E-state index contributed by atoms with van der Waals surface area (Å²) in [5.41, 5.74) is 0.194. The van der Waals surface area contributed by atoms with E-state index in [-0.39, 0.29) is 11.1 Å². The first-order chi connectivity index (χ1) is 8.59. The number of Topliss-reactive ketones (excluding diaryl/α,β-unsaturated/α-hetero) is 3. The largest absolute Gasteiger partial charge is 0.377 e. The zero-order valence-electron chi connectivity index (χ0n) is 9.21. The zero-order chi connectivity index (χ0) is 12.9. The SMILES string of the molecule is O=C1C(=O)C(O)C(=O)c2cc3ccccc3cc21. The van der Waals surface area contributed by atoms with Crippen molar-refractivity contribution in [3.05, 3.63) is 47.5 Å². The van der Waals surface area contributed by atoms with Gasteiger partial charge in [0, 0.05) is 11.1 Å². The Morgan fingerprint density at radius 1 is 0.833 bits per heavy atom. The van der Waals surface area contributed by atoms with Crippen molar-refractivity contribution in [2.45, 2.75) is 6.10 Å². The number of rotatable bonds is 0. The fraction of sp³-hybridized carbons (Fsp3) is 0.0714. The van der Waals surface area contributed by atoms with Gasteiger partial charge in [0.2, 0.25) is 11.6 Å². The van der Waals surface area contributed by atoms with Crippen molar-refractivity contribution in [2.75, 3.05) is 0 Å². The molecular weight excluding hydrogens is 232 g/mol. The summed E-state index contributed by atoms with van der Waals surface area (Å²) in [7, 11) is 0. The van der Waals surface area contributed by atoms with Gasteiger partial charge in [-0.25, -0.2) is 0 Å². The summed E-state index contributed by atoms with van der Waals surface area (Å²) >= 11 is 0. The topological polar surface area (TPSA) is 71.4 Å². The maximum Gasteiger partial charge on any atom is 0.239 e. The average Bonchev–Trinajstić information content (AvgIpc) is 2.41. The number of aliphatic hydroxyl groups is 1. The molecule has 1 aliphatic carbocycles. The van der Waals surface area contributed by atoms with Crippen LogP contribution in [0.25, 0.3) is 10.8 Å². The van der Waals surface area contributed by atoms with Crippen molar-refractivity contribution in [3.8, 4) is 0 Å². The predicted molar refractivity (Wildman–Crippen MR) is 63.6 cm³/mol. The van der Waals surface area contributed by atoms with Gasteiger partial charge in [-0.3, -0.25) is 14.4 Å². The van der Waals surface area contributed by atoms with E-state index in [0.29, 0.717) is 0 Å². The molecule has 0 radical (unpaired) electrons. The predicted octanol–water partition coefficient (Wildman–Crippen LogP) is 1.15. The minimum absolute atomic E-state index is 0.0778. The molecule has 0 bridgehead atoms. The van der Waals surface area contributed by atoms with E-state index in [1.54, 1.807) is 24.3 Å². The van der Waals surface area contributed by atoms with E-state index in [1.807, 2.05) is 6.07 Å². The van der Waals surface area contributed by atoms with Crippen molar-refractivity contribution >= 4 is 28.1 Å². The fourth-order valence-electron chi connectivity index (χ4n) is 2.16. The van der Waals surface area contributed by atoms with E-state index in [2.05, 4.69) is 0 Å². The molecule has 4 heteroatoms. The minimum Gasteiger partial charge on any atom is -0.377 e. The third kappa shape index (κ3) is 1.33. The van der Waals surface area contributed by atoms with Gasteiger partial charge in [-0.05, 0) is 22.9 Å². The molecule has 3 rings (SSSR count). The maximum absolute atomic E-state index is 11.8. The zero-order valence-corrected chi connectivity index (χ0v) is 9.21. The molecule has 1 unspecified atom stereocenters. The van der Waals surface area contributed by atoms with E-state index >= 15 is 0 Å². The summed E-state index contributed by atoms with van der Waals surface area (Å²) in [4.78, 5) is 35.0. The molecule has 0 saturated heterocycles. The molecule has 1 atom stereocenters. The molecule has 0 heterocycles. The second-order valence-corrected chi connectivity index (χ2v) is 4.21. The molecule has 1 N–H and O–H groups in total. The first-order valence-corrected chi connectivity index (χ1v) is 5.43. The Morgan fingerprint density at radius 2 is 1.39 bits per heavy atom. The average molecular weight is 240 g/mol. The Labute approximate surface area is 102 Å². The van der Waals surface area contributed by atoms with Crippen LogP contribution in [0.1, 0.15) is 20.7 Å². The fourth-order valence-corrected chi connectivity index (χ4v) is 2.16. The Balaban J connectivity index is 2.36. The highest BCUT2D eigenvalue weighted by Crippen LogP contribution is 2.25. The highest BCUT2D eigenvalue weighted by molar-refractivity contribution is 6.53. The smallest absolute Gasteiger partial charge is 0.239 e. The normalized spacial score (nSPS) is 19.2. The van der Waals surface area contributed by atoms with Gasteiger partial charge in [-0.2, -0.15) is 0 Å². The van der Waals surface area contributed by atoms with Crippen LogP contribution in [0.2, 0.25) is 0 Å². The van der Waals surface area contributed by atoms with Gasteiger partial charge in [-0.1, -0.05) is 24.3 Å². The van der Waals surface area contributed by atoms with E-state index < -0.39 is 23.5 Å². The van der Waals surface area contributed by atoms with Crippen LogP contribution in [-0.2, 0) is 4.79 Å². The van der Waals surface area contributed by atoms with Crippen LogP contribution >= 0.6 is 0 Å². The number of aliphatic hydroxyl groups excluding tert-OH is 1. The van der Waals surface area contributed by atoms with Crippen molar-refractivity contribution in [1.82, 2.24) is 0 Å².